The van der Waals surface area contributed by atoms with Crippen LogP contribution in [0.3, 0.4) is 0 Å². The number of ketones is 3. The lowest BCUT2D eigenvalue weighted by Gasteiger charge is -2.59. The Morgan fingerprint density at radius 3 is 2.47 bits per heavy atom. The zero-order chi connectivity index (χ0) is 36.2. The molecule has 0 radical (unpaired) electrons. The summed E-state index contributed by atoms with van der Waals surface area (Å²) >= 11 is 0. The van der Waals surface area contributed by atoms with Gasteiger partial charge in [-0.1, -0.05) is 80.9 Å². The molecule has 0 unspecified atom stereocenters. The van der Waals surface area contributed by atoms with Gasteiger partial charge in [-0.05, 0) is 107 Å². The topological polar surface area (TPSA) is 97.7 Å². The van der Waals surface area contributed by atoms with Gasteiger partial charge in [0.25, 0.3) is 0 Å². The second kappa shape index (κ2) is 13.0. The summed E-state index contributed by atoms with van der Waals surface area (Å²) in [5, 5.41) is 12.1. The van der Waals surface area contributed by atoms with Gasteiger partial charge in [0.1, 0.15) is 5.60 Å². The molecule has 5 aliphatic rings. The lowest BCUT2D eigenvalue weighted by molar-refractivity contribution is -0.188. The normalized spacial score (nSPS) is 37.7. The van der Waals surface area contributed by atoms with E-state index in [4.69, 9.17) is 4.74 Å². The fourth-order valence-electron chi connectivity index (χ4n) is 10.0. The molecule has 3 saturated carbocycles. The van der Waals surface area contributed by atoms with Crippen molar-refractivity contribution in [3.05, 3.63) is 82.5 Å². The van der Waals surface area contributed by atoms with Crippen molar-refractivity contribution in [1.82, 2.24) is 0 Å². The van der Waals surface area contributed by atoms with Crippen LogP contribution in [0, 0.1) is 34.0 Å². The van der Waals surface area contributed by atoms with Crippen molar-refractivity contribution in [2.75, 3.05) is 6.61 Å². The number of allylic oxidation sites excluding steroid dienone is 13. The van der Waals surface area contributed by atoms with E-state index in [1.807, 2.05) is 19.1 Å². The van der Waals surface area contributed by atoms with Gasteiger partial charge in [0, 0.05) is 29.2 Å². The molecule has 0 bridgehead atoms. The highest BCUT2D eigenvalue weighted by molar-refractivity contribution is 6.03. The molecule has 0 spiro atoms. The predicted octanol–water partition coefficient (Wildman–Crippen LogP) is 8.19. The molecular formula is C42H53FO6. The molecule has 0 aromatic carbocycles. The summed E-state index contributed by atoms with van der Waals surface area (Å²) in [6.07, 6.45) is 19.9. The van der Waals surface area contributed by atoms with Gasteiger partial charge in [-0.2, -0.15) is 0 Å². The Hall–Kier alpha value is -3.45. The van der Waals surface area contributed by atoms with Gasteiger partial charge in [-0.25, -0.2) is 9.18 Å². The number of Topliss-reactive ketones (excluding diaryl/α,β-unsaturated/α-hetero) is 2. The molecule has 6 nitrogen and oxygen atoms in total. The zero-order valence-corrected chi connectivity index (χ0v) is 30.5. The smallest absolute Gasteiger partial charge is 0.331 e. The summed E-state index contributed by atoms with van der Waals surface area (Å²) in [6, 6.07) is 0. The molecule has 0 aliphatic heterocycles. The average Bonchev–Trinajstić information content (AvgIpc) is 3.21. The third kappa shape index (κ3) is 6.04. The Balaban J connectivity index is 1.24. The number of fused-ring (bicyclic) bond motifs is 5. The molecule has 264 valence electrons. The van der Waals surface area contributed by atoms with Crippen molar-refractivity contribution in [3.63, 3.8) is 0 Å². The first-order valence-corrected chi connectivity index (χ1v) is 17.8. The highest BCUT2D eigenvalue weighted by atomic mass is 19.1. The Kier molecular flexibility index (Phi) is 9.79. The standard InChI is InChI=1S/C42H53FO6/c1-26(14-16-32-28(3)13-10-19-38(32,5)6)11-9-12-27(2)21-37(47)49-25-36(46)42(48)29(4)22-34-33-17-15-30-23-31(44)18-20-39(30,7)41(33,43)35(45)24-40(34,42)8/h9,11-12,14,16,18,20-21,23,29,33-34,48H,10,13,15,17,19,22,24-25H2,1-8H3/t29-,33+,34+,39+,40+,41+,42+/m1/s1. The van der Waals surface area contributed by atoms with Crippen LogP contribution < -0.4 is 0 Å². The number of alkyl halides is 1. The molecule has 0 heterocycles. The van der Waals surface area contributed by atoms with Gasteiger partial charge in [0.05, 0.1) is 0 Å². The molecule has 0 aromatic rings. The highest BCUT2D eigenvalue weighted by Crippen LogP contribution is 2.69. The molecule has 0 amide bonds. The van der Waals surface area contributed by atoms with Gasteiger partial charge in [0.2, 0.25) is 5.78 Å². The number of aliphatic hydroxyl groups is 1. The van der Waals surface area contributed by atoms with E-state index < -0.39 is 64.0 Å². The lowest BCUT2D eigenvalue weighted by Crippen LogP contribution is -2.68. The monoisotopic (exact) mass is 672 g/mol. The molecule has 5 aliphatic carbocycles. The van der Waals surface area contributed by atoms with E-state index >= 15 is 4.39 Å². The molecule has 5 rings (SSSR count). The number of hydrogen-bond donors (Lipinski definition) is 1. The Labute approximate surface area is 291 Å². The van der Waals surface area contributed by atoms with E-state index in [1.54, 1.807) is 33.8 Å². The summed E-state index contributed by atoms with van der Waals surface area (Å²) in [4.78, 5) is 52.4. The molecule has 0 saturated heterocycles. The number of carbonyl (C=O) groups is 4. The number of ether oxygens (including phenoxy) is 1. The molecule has 3 fully saturated rings. The van der Waals surface area contributed by atoms with Gasteiger partial charge < -0.3 is 9.84 Å². The summed E-state index contributed by atoms with van der Waals surface area (Å²) in [5.74, 6) is -4.02. The zero-order valence-electron chi connectivity index (χ0n) is 30.5. The van der Waals surface area contributed by atoms with Gasteiger partial charge >= 0.3 is 5.97 Å². The first-order valence-electron chi connectivity index (χ1n) is 17.8. The summed E-state index contributed by atoms with van der Waals surface area (Å²) in [7, 11) is 0. The molecule has 49 heavy (non-hydrogen) atoms. The lowest BCUT2D eigenvalue weighted by atomic mass is 9.45. The first kappa shape index (κ1) is 36.8. The van der Waals surface area contributed by atoms with E-state index in [-0.39, 0.29) is 17.6 Å². The molecular weight excluding hydrogens is 619 g/mol. The molecule has 7 atom stereocenters. The van der Waals surface area contributed by atoms with Crippen molar-refractivity contribution >= 4 is 23.3 Å². The fraction of sp³-hybridized carbons (Fsp3) is 0.571. The van der Waals surface area contributed by atoms with Crippen LogP contribution in [-0.2, 0) is 23.9 Å². The second-order valence-corrected chi connectivity index (χ2v) is 16.4. The first-order chi connectivity index (χ1) is 22.8. The Morgan fingerprint density at radius 1 is 1.06 bits per heavy atom. The number of hydrogen-bond acceptors (Lipinski definition) is 6. The maximum atomic E-state index is 17.3. The van der Waals surface area contributed by atoms with E-state index in [0.29, 0.717) is 30.4 Å². The average molecular weight is 673 g/mol. The largest absolute Gasteiger partial charge is 0.454 e. The molecule has 0 aromatic heterocycles. The van der Waals surface area contributed by atoms with Crippen LogP contribution >= 0.6 is 0 Å². The molecule has 7 heteroatoms. The van der Waals surface area contributed by atoms with Crippen molar-refractivity contribution in [3.8, 4) is 0 Å². The fourth-order valence-corrected chi connectivity index (χ4v) is 10.0. The minimum Gasteiger partial charge on any atom is -0.454 e. The maximum Gasteiger partial charge on any atom is 0.331 e. The highest BCUT2D eigenvalue weighted by Gasteiger charge is 2.75. The van der Waals surface area contributed by atoms with Crippen LogP contribution in [0.15, 0.2) is 82.5 Å². The number of carbonyl (C=O) groups excluding carboxylic acids is 4. The van der Waals surface area contributed by atoms with Crippen molar-refractivity contribution in [2.45, 2.75) is 112 Å². The van der Waals surface area contributed by atoms with Gasteiger partial charge in [-0.15, -0.1) is 0 Å². The number of esters is 1. The van der Waals surface area contributed by atoms with E-state index in [9.17, 15) is 24.3 Å². The van der Waals surface area contributed by atoms with Crippen LogP contribution in [0.4, 0.5) is 4.39 Å². The minimum atomic E-state index is -2.25. The Bertz CT molecular complexity index is 1670. The van der Waals surface area contributed by atoms with Crippen molar-refractivity contribution in [1.29, 1.82) is 0 Å². The van der Waals surface area contributed by atoms with Crippen LogP contribution in [0.5, 0.6) is 0 Å². The third-order valence-electron chi connectivity index (χ3n) is 12.9. The summed E-state index contributed by atoms with van der Waals surface area (Å²) in [6.45, 7) is 15.1. The van der Waals surface area contributed by atoms with Gasteiger partial charge in [0.15, 0.2) is 23.8 Å². The summed E-state index contributed by atoms with van der Waals surface area (Å²) in [5.41, 5.74) is -1.38. The SMILES string of the molecule is CC(C=CC1=C(C)CCCC1(C)C)=CC=CC(C)=CC(=O)OCC(=O)[C@@]1(O)[C@H](C)C[C@H]2[C@@H]3CCC4=CC(=O)C=C[C@]4(C)[C@@]3(F)C(=O)C[C@@]21C. The third-order valence-corrected chi connectivity index (χ3v) is 12.9. The number of rotatable bonds is 8. The van der Waals surface area contributed by atoms with Crippen LogP contribution in [-0.4, -0.2) is 46.3 Å². The van der Waals surface area contributed by atoms with E-state index in [2.05, 4.69) is 32.9 Å². The van der Waals surface area contributed by atoms with Crippen LogP contribution in [0.25, 0.3) is 0 Å². The van der Waals surface area contributed by atoms with Crippen molar-refractivity contribution in [2.24, 2.45) is 34.0 Å². The van der Waals surface area contributed by atoms with E-state index in [0.717, 1.165) is 12.0 Å². The summed E-state index contributed by atoms with van der Waals surface area (Å²) < 4.78 is 22.6. The minimum absolute atomic E-state index is 0.168. The van der Waals surface area contributed by atoms with Crippen molar-refractivity contribution < 1.29 is 33.4 Å². The quantitative estimate of drug-likeness (QED) is 0.159. The van der Waals surface area contributed by atoms with Crippen LogP contribution in [0.2, 0.25) is 0 Å². The number of halogens is 1. The Morgan fingerprint density at radius 2 is 1.78 bits per heavy atom. The van der Waals surface area contributed by atoms with Gasteiger partial charge in [-0.3, -0.25) is 14.4 Å². The maximum absolute atomic E-state index is 17.3. The second-order valence-electron chi connectivity index (χ2n) is 16.4. The van der Waals surface area contributed by atoms with Crippen LogP contribution in [0.1, 0.15) is 100 Å². The molecule has 1 N–H and O–H groups in total. The van der Waals surface area contributed by atoms with E-state index in [1.165, 1.54) is 48.3 Å². The predicted molar refractivity (Wildman–Crippen MR) is 189 cm³/mol.